The Morgan fingerprint density at radius 3 is 0.977 bits per heavy atom. The SMILES string of the molecule is CCc1c2[n-]c(c1CC)C(C)(C)c1[n-]c(c(CC)c1CC)C(C)(C)c1cccc(n1)C(C)(C)c1cccc(n1)C2(C)C.[Pt+2]. The molecule has 0 radical (unpaired) electrons. The Kier molecular flexibility index (Phi) is 8.93. The quantitative estimate of drug-likeness (QED) is 0.211. The third-order valence-corrected chi connectivity index (χ3v) is 10.2. The van der Waals surface area contributed by atoms with Crippen molar-refractivity contribution in [2.75, 3.05) is 0 Å². The fourth-order valence-corrected chi connectivity index (χ4v) is 7.40. The minimum atomic E-state index is -0.378. The molecule has 0 N–H and O–H groups in total. The van der Waals surface area contributed by atoms with Crippen molar-refractivity contribution >= 4 is 0 Å². The van der Waals surface area contributed by atoms with Crippen LogP contribution in [0.1, 0.15) is 151 Å². The van der Waals surface area contributed by atoms with Gasteiger partial charge in [0.25, 0.3) is 0 Å². The van der Waals surface area contributed by atoms with Crippen LogP contribution in [0.2, 0.25) is 0 Å². The minimum Gasteiger partial charge on any atom is -0.663 e. The number of rotatable bonds is 4. The van der Waals surface area contributed by atoms with Crippen molar-refractivity contribution in [2.45, 2.75) is 130 Å². The molecule has 0 atom stereocenters. The monoisotopic (exact) mass is 757 g/mol. The number of hydrogen-bond donors (Lipinski definition) is 0. The van der Waals surface area contributed by atoms with Gasteiger partial charge in [-0.25, -0.2) is 0 Å². The van der Waals surface area contributed by atoms with Crippen LogP contribution in [-0.2, 0) is 68.4 Å². The first kappa shape index (κ1) is 33.4. The van der Waals surface area contributed by atoms with Gasteiger partial charge in [0.1, 0.15) is 0 Å². The number of aromatic nitrogens is 4. The largest absolute Gasteiger partial charge is 2.00 e. The van der Waals surface area contributed by atoms with Gasteiger partial charge in [-0.05, 0) is 69.2 Å². The predicted molar refractivity (Wildman–Crippen MR) is 174 cm³/mol. The maximum atomic E-state index is 5.61. The first-order chi connectivity index (χ1) is 19.7. The Labute approximate surface area is 274 Å². The van der Waals surface area contributed by atoms with Crippen LogP contribution < -0.4 is 9.97 Å². The summed E-state index contributed by atoms with van der Waals surface area (Å²) in [6, 6.07) is 13.0. The van der Waals surface area contributed by atoms with E-state index in [2.05, 4.69) is 119 Å². The van der Waals surface area contributed by atoms with E-state index in [-0.39, 0.29) is 42.7 Å². The van der Waals surface area contributed by atoms with Crippen LogP contribution >= 0.6 is 0 Å². The van der Waals surface area contributed by atoms with Gasteiger partial charge >= 0.3 is 21.1 Å². The molecule has 4 aromatic heterocycles. The molecule has 5 heteroatoms. The molecule has 1 aliphatic rings. The molecular weight excluding hydrogens is 708 g/mol. The number of pyridine rings is 2. The molecule has 4 aromatic rings. The van der Waals surface area contributed by atoms with Gasteiger partial charge < -0.3 is 9.97 Å². The second-order valence-electron chi connectivity index (χ2n) is 14.3. The molecule has 0 aromatic carbocycles. The molecule has 0 saturated heterocycles. The molecular formula is C38H50N4Pt. The molecule has 0 fully saturated rings. The van der Waals surface area contributed by atoms with Crippen molar-refractivity contribution in [3.63, 3.8) is 0 Å². The molecule has 232 valence electrons. The van der Waals surface area contributed by atoms with E-state index < -0.39 is 0 Å². The van der Waals surface area contributed by atoms with Crippen LogP contribution in [-0.4, -0.2) is 9.97 Å². The van der Waals surface area contributed by atoms with Gasteiger partial charge in [0.15, 0.2) is 0 Å². The first-order valence-corrected chi connectivity index (χ1v) is 16.0. The summed E-state index contributed by atoms with van der Waals surface area (Å²) in [5, 5.41) is 0. The van der Waals surface area contributed by atoms with Crippen molar-refractivity contribution in [2.24, 2.45) is 0 Å². The number of fused-ring (bicyclic) bond motifs is 8. The summed E-state index contributed by atoms with van der Waals surface area (Å²) in [5.41, 5.74) is 12.8. The van der Waals surface area contributed by atoms with Crippen LogP contribution in [0.25, 0.3) is 0 Å². The normalized spacial score (nSPS) is 17.8. The van der Waals surface area contributed by atoms with Crippen LogP contribution in [0.15, 0.2) is 36.4 Å². The second kappa shape index (κ2) is 11.5. The molecule has 0 amide bonds. The smallest absolute Gasteiger partial charge is 0.663 e. The molecule has 0 spiro atoms. The van der Waals surface area contributed by atoms with Gasteiger partial charge in [0, 0.05) is 27.6 Å². The fraction of sp³-hybridized carbons (Fsp3) is 0.526. The topological polar surface area (TPSA) is 54.0 Å². The zero-order valence-electron chi connectivity index (χ0n) is 28.4. The second-order valence-corrected chi connectivity index (χ2v) is 14.3. The van der Waals surface area contributed by atoms with E-state index in [4.69, 9.17) is 19.9 Å². The average Bonchev–Trinajstić information content (AvgIpc) is 3.57. The number of nitrogens with zero attached hydrogens (tertiary/aromatic N) is 4. The summed E-state index contributed by atoms with van der Waals surface area (Å²) in [7, 11) is 0. The van der Waals surface area contributed by atoms with Gasteiger partial charge in [0.05, 0.1) is 11.4 Å². The zero-order chi connectivity index (χ0) is 30.8. The Morgan fingerprint density at radius 2 is 0.698 bits per heavy atom. The number of hydrogen-bond acceptors (Lipinski definition) is 2. The predicted octanol–water partition coefficient (Wildman–Crippen LogP) is 8.26. The Bertz CT molecular complexity index is 1510. The van der Waals surface area contributed by atoms with Gasteiger partial charge in [0.2, 0.25) is 0 Å². The molecule has 0 unspecified atom stereocenters. The molecule has 5 rings (SSSR count). The summed E-state index contributed by atoms with van der Waals surface area (Å²) in [6.07, 6.45) is 3.78. The van der Waals surface area contributed by atoms with Gasteiger partial charge in [-0.3, -0.25) is 9.97 Å². The van der Waals surface area contributed by atoms with Crippen LogP contribution in [0.4, 0.5) is 0 Å². The Balaban J connectivity index is 0.00000423. The summed E-state index contributed by atoms with van der Waals surface area (Å²) >= 11 is 0. The van der Waals surface area contributed by atoms with Gasteiger partial charge in [-0.1, -0.05) is 104 Å². The maximum Gasteiger partial charge on any atom is 2.00 e. The summed E-state index contributed by atoms with van der Waals surface area (Å²) in [6.45, 7) is 27.4. The van der Waals surface area contributed by atoms with Gasteiger partial charge in [-0.2, -0.15) is 0 Å². The minimum absolute atomic E-state index is 0. The van der Waals surface area contributed by atoms with Crippen molar-refractivity contribution in [1.82, 2.24) is 19.9 Å². The maximum absolute atomic E-state index is 5.61. The summed E-state index contributed by atoms with van der Waals surface area (Å²) in [4.78, 5) is 22.0. The van der Waals surface area contributed by atoms with E-state index in [9.17, 15) is 0 Å². The van der Waals surface area contributed by atoms with Crippen LogP contribution in [0, 0.1) is 0 Å². The molecule has 43 heavy (non-hydrogen) atoms. The molecule has 1 aliphatic heterocycles. The summed E-state index contributed by atoms with van der Waals surface area (Å²) < 4.78 is 0. The molecule has 5 heterocycles. The van der Waals surface area contributed by atoms with E-state index in [0.29, 0.717) is 0 Å². The summed E-state index contributed by atoms with van der Waals surface area (Å²) in [5.74, 6) is 0. The third kappa shape index (κ3) is 5.01. The van der Waals surface area contributed by atoms with Gasteiger partial charge in [-0.15, -0.1) is 22.8 Å². The zero-order valence-corrected chi connectivity index (χ0v) is 30.7. The van der Waals surface area contributed by atoms with Crippen molar-refractivity contribution < 1.29 is 21.1 Å². The third-order valence-electron chi connectivity index (χ3n) is 10.2. The van der Waals surface area contributed by atoms with E-state index >= 15 is 0 Å². The van der Waals surface area contributed by atoms with E-state index in [1.807, 2.05) is 0 Å². The van der Waals surface area contributed by atoms with Crippen molar-refractivity contribution in [1.29, 1.82) is 0 Å². The van der Waals surface area contributed by atoms with E-state index in [1.165, 1.54) is 33.6 Å². The van der Waals surface area contributed by atoms with Crippen LogP contribution in [0.3, 0.4) is 0 Å². The van der Waals surface area contributed by atoms with Crippen LogP contribution in [0.5, 0.6) is 0 Å². The van der Waals surface area contributed by atoms with E-state index in [1.54, 1.807) is 0 Å². The molecule has 8 bridgehead atoms. The first-order valence-electron chi connectivity index (χ1n) is 16.0. The molecule has 4 nitrogen and oxygen atoms in total. The fourth-order valence-electron chi connectivity index (χ4n) is 7.40. The molecule has 0 aliphatic carbocycles. The van der Waals surface area contributed by atoms with Crippen molar-refractivity contribution in [3.8, 4) is 0 Å². The standard InChI is InChI=1S/C38H50N4.Pt/c1-13-23-25(15-3)33-38(11,12)34-26(16-4)24(14-2)32(42-34)37(9,10)30-22-18-20-28(40-30)35(5,6)27-19-17-21-29(39-27)36(7,8)31(23)41-33;/h17-22H,13-16H2,1-12H3;/q-2;+2. The Hall–Kier alpha value is -2.45. The van der Waals surface area contributed by atoms with Crippen molar-refractivity contribution in [3.05, 3.63) is 104 Å². The molecule has 0 saturated carbocycles. The van der Waals surface area contributed by atoms with E-state index in [0.717, 1.165) is 59.8 Å². The Morgan fingerprint density at radius 1 is 0.442 bits per heavy atom. The average molecular weight is 758 g/mol.